The molecule has 0 atom stereocenters. The first kappa shape index (κ1) is 23.7. The van der Waals surface area contributed by atoms with E-state index in [-0.39, 0.29) is 10.9 Å². The average molecular weight is 516 g/mol. The fourth-order valence-electron chi connectivity index (χ4n) is 3.73. The molecule has 1 amide bonds. The number of nitrogens with zero attached hydrogens (tertiary/aromatic N) is 3. The van der Waals surface area contributed by atoms with E-state index < -0.39 is 5.91 Å². The zero-order valence-electron chi connectivity index (χ0n) is 19.6. The van der Waals surface area contributed by atoms with Crippen LogP contribution in [0.15, 0.2) is 77.2 Å². The summed E-state index contributed by atoms with van der Waals surface area (Å²) in [7, 11) is 0. The van der Waals surface area contributed by atoms with Gasteiger partial charge in [-0.2, -0.15) is 4.80 Å². The third kappa shape index (κ3) is 5.00. The number of carbonyl (C=O) groups excluding carboxylic acids is 1. The number of halogens is 1. The van der Waals surface area contributed by atoms with E-state index in [1.165, 1.54) is 5.56 Å². The molecule has 2 heterocycles. The van der Waals surface area contributed by atoms with Crippen molar-refractivity contribution in [2.75, 3.05) is 5.32 Å². The molecule has 7 nitrogen and oxygen atoms in total. The minimum atomic E-state index is -0.451. The maximum absolute atomic E-state index is 12.7. The van der Waals surface area contributed by atoms with Crippen molar-refractivity contribution in [2.45, 2.75) is 20.3 Å². The van der Waals surface area contributed by atoms with Crippen molar-refractivity contribution in [3.63, 3.8) is 0 Å². The predicted octanol–water partition coefficient (Wildman–Crippen LogP) is 6.33. The van der Waals surface area contributed by atoms with Crippen molar-refractivity contribution < 1.29 is 9.21 Å². The molecular formula is C27H22ClN5O2S. The number of thiocarbonyl (C=S) groups is 1. The lowest BCUT2D eigenvalue weighted by Gasteiger charge is -2.10. The topological polar surface area (TPSA) is 85.0 Å². The molecule has 0 bridgehead atoms. The summed E-state index contributed by atoms with van der Waals surface area (Å²) in [6.07, 6.45) is 0.975. The van der Waals surface area contributed by atoms with Crippen LogP contribution < -0.4 is 10.6 Å². The van der Waals surface area contributed by atoms with Crippen LogP contribution in [0.4, 0.5) is 5.69 Å². The van der Waals surface area contributed by atoms with Gasteiger partial charge in [0.2, 0.25) is 0 Å². The van der Waals surface area contributed by atoms with Crippen LogP contribution in [-0.4, -0.2) is 26.0 Å². The molecule has 0 fully saturated rings. The Labute approximate surface area is 218 Å². The fourth-order valence-corrected chi connectivity index (χ4v) is 4.06. The monoisotopic (exact) mass is 515 g/mol. The van der Waals surface area contributed by atoms with Crippen LogP contribution in [0.25, 0.3) is 28.0 Å². The Morgan fingerprint density at radius 3 is 2.39 bits per heavy atom. The molecule has 5 rings (SSSR count). The van der Waals surface area contributed by atoms with Crippen LogP contribution in [0.5, 0.6) is 0 Å². The number of benzene rings is 3. The van der Waals surface area contributed by atoms with Gasteiger partial charge in [-0.3, -0.25) is 10.1 Å². The van der Waals surface area contributed by atoms with Crippen LogP contribution in [0.2, 0.25) is 5.02 Å². The zero-order chi connectivity index (χ0) is 25.2. The van der Waals surface area contributed by atoms with Gasteiger partial charge in [-0.15, -0.1) is 10.2 Å². The largest absolute Gasteiger partial charge is 0.451 e. The second-order valence-corrected chi connectivity index (χ2v) is 9.09. The van der Waals surface area contributed by atoms with Crippen molar-refractivity contribution in [2.24, 2.45) is 0 Å². The van der Waals surface area contributed by atoms with Gasteiger partial charge < -0.3 is 9.73 Å². The van der Waals surface area contributed by atoms with Crippen LogP contribution in [0.3, 0.4) is 0 Å². The second-order valence-electron chi connectivity index (χ2n) is 8.24. The van der Waals surface area contributed by atoms with E-state index in [1.54, 1.807) is 29.1 Å². The number of carbonyl (C=O) groups is 1. The summed E-state index contributed by atoms with van der Waals surface area (Å²) >= 11 is 11.3. The number of rotatable bonds is 5. The number of hydrogen-bond acceptors (Lipinski definition) is 5. The van der Waals surface area contributed by atoms with Crippen molar-refractivity contribution in [3.8, 4) is 17.0 Å². The first-order valence-electron chi connectivity index (χ1n) is 11.3. The average Bonchev–Trinajstić information content (AvgIpc) is 3.52. The number of fused-ring (bicyclic) bond motifs is 1. The van der Waals surface area contributed by atoms with E-state index in [4.69, 9.17) is 28.2 Å². The summed E-state index contributed by atoms with van der Waals surface area (Å²) in [4.78, 5) is 14.3. The molecule has 0 aliphatic heterocycles. The highest BCUT2D eigenvalue weighted by molar-refractivity contribution is 7.80. The van der Waals surface area contributed by atoms with Gasteiger partial charge in [-0.25, -0.2) is 0 Å². The molecule has 3 aromatic carbocycles. The van der Waals surface area contributed by atoms with Gasteiger partial charge in [0.05, 0.1) is 5.69 Å². The SMILES string of the molecule is CCc1ccc(-n2nc3cc(C)c(NC(=S)NC(=O)c4ccc(-c5ccc(Cl)cc5)o4)cc3n2)cc1. The number of aryl methyl sites for hydroxylation is 2. The highest BCUT2D eigenvalue weighted by Crippen LogP contribution is 2.25. The smallest absolute Gasteiger partial charge is 0.293 e. The first-order chi connectivity index (χ1) is 17.4. The highest BCUT2D eigenvalue weighted by Gasteiger charge is 2.15. The highest BCUT2D eigenvalue weighted by atomic mass is 35.5. The zero-order valence-corrected chi connectivity index (χ0v) is 21.2. The standard InChI is InChI=1S/C27H22ClN5O2S/c1-3-17-4-10-20(11-5-17)33-31-22-14-16(2)21(15-23(22)32-33)29-27(36)30-26(34)25-13-12-24(35-25)18-6-8-19(28)9-7-18/h4-15H,3H2,1-2H3,(H2,29,30,34,36). The van der Waals surface area contributed by atoms with Crippen molar-refractivity contribution in [1.29, 1.82) is 0 Å². The van der Waals surface area contributed by atoms with Crippen LogP contribution in [0, 0.1) is 6.92 Å². The quantitative estimate of drug-likeness (QED) is 0.266. The maximum Gasteiger partial charge on any atom is 0.293 e. The summed E-state index contributed by atoms with van der Waals surface area (Å²) < 4.78 is 5.70. The van der Waals surface area contributed by atoms with Gasteiger partial charge in [0.25, 0.3) is 5.91 Å². The normalized spacial score (nSPS) is 11.0. The van der Waals surface area contributed by atoms with Crippen LogP contribution in [-0.2, 0) is 6.42 Å². The van der Waals surface area contributed by atoms with E-state index >= 15 is 0 Å². The molecule has 0 saturated carbocycles. The molecule has 0 unspecified atom stereocenters. The Hall–Kier alpha value is -4.01. The Kier molecular flexibility index (Phi) is 6.54. The van der Waals surface area contributed by atoms with Gasteiger partial charge in [0, 0.05) is 16.3 Å². The van der Waals surface area contributed by atoms with Crippen molar-refractivity contribution in [1.82, 2.24) is 20.3 Å². The number of anilines is 1. The van der Waals surface area contributed by atoms with E-state index in [2.05, 4.69) is 39.9 Å². The summed E-state index contributed by atoms with van der Waals surface area (Å²) in [6, 6.07) is 22.4. The molecule has 0 spiro atoms. The molecule has 0 radical (unpaired) electrons. The van der Waals surface area contributed by atoms with Crippen molar-refractivity contribution >= 4 is 51.6 Å². The molecule has 36 heavy (non-hydrogen) atoms. The maximum atomic E-state index is 12.7. The number of nitrogens with one attached hydrogen (secondary N) is 2. The van der Waals surface area contributed by atoms with Gasteiger partial charge >= 0.3 is 0 Å². The number of hydrogen-bond donors (Lipinski definition) is 2. The third-order valence-electron chi connectivity index (χ3n) is 5.74. The molecule has 0 aliphatic carbocycles. The van der Waals surface area contributed by atoms with Gasteiger partial charge in [0.1, 0.15) is 16.8 Å². The lowest BCUT2D eigenvalue weighted by atomic mass is 10.2. The summed E-state index contributed by atoms with van der Waals surface area (Å²) in [5.74, 6) is 0.255. The third-order valence-corrected chi connectivity index (χ3v) is 6.19. The molecule has 0 aliphatic rings. The Bertz CT molecular complexity index is 1570. The van der Waals surface area contributed by atoms with E-state index in [0.717, 1.165) is 34.4 Å². The summed E-state index contributed by atoms with van der Waals surface area (Å²) in [5, 5.41) is 15.7. The minimum absolute atomic E-state index is 0.147. The lowest BCUT2D eigenvalue weighted by molar-refractivity contribution is 0.0951. The van der Waals surface area contributed by atoms with E-state index in [9.17, 15) is 4.79 Å². The van der Waals surface area contributed by atoms with Gasteiger partial charge in [-0.05, 0) is 97.4 Å². The number of amides is 1. The van der Waals surface area contributed by atoms with E-state index in [1.807, 2.05) is 43.3 Å². The predicted molar refractivity (Wildman–Crippen MR) is 146 cm³/mol. The Morgan fingerprint density at radius 1 is 1.00 bits per heavy atom. The molecular weight excluding hydrogens is 494 g/mol. The van der Waals surface area contributed by atoms with E-state index in [0.29, 0.717) is 16.3 Å². The fraction of sp³-hybridized carbons (Fsp3) is 0.111. The van der Waals surface area contributed by atoms with Gasteiger partial charge in [-0.1, -0.05) is 30.7 Å². The molecule has 5 aromatic rings. The number of aromatic nitrogens is 3. The Morgan fingerprint density at radius 2 is 1.69 bits per heavy atom. The summed E-state index contributed by atoms with van der Waals surface area (Å²) in [5.41, 5.74) is 6.06. The van der Waals surface area contributed by atoms with Gasteiger partial charge in [0.15, 0.2) is 10.9 Å². The van der Waals surface area contributed by atoms with Crippen molar-refractivity contribution in [3.05, 3.63) is 94.7 Å². The summed E-state index contributed by atoms with van der Waals surface area (Å²) in [6.45, 7) is 4.05. The molecule has 180 valence electrons. The second kappa shape index (κ2) is 9.93. The molecule has 2 N–H and O–H groups in total. The lowest BCUT2D eigenvalue weighted by Crippen LogP contribution is -2.34. The molecule has 0 saturated heterocycles. The van der Waals surface area contributed by atoms with Crippen LogP contribution in [0.1, 0.15) is 28.6 Å². The molecule has 9 heteroatoms. The minimum Gasteiger partial charge on any atom is -0.451 e. The first-order valence-corrected chi connectivity index (χ1v) is 12.1. The Balaban J connectivity index is 1.29. The molecule has 2 aromatic heterocycles. The van der Waals surface area contributed by atoms with Crippen LogP contribution >= 0.6 is 23.8 Å². The number of furan rings is 1.